The molecule has 0 bridgehead atoms. The third-order valence-electron chi connectivity index (χ3n) is 5.26. The lowest BCUT2D eigenvalue weighted by molar-refractivity contribution is -0.113. The molecule has 0 atom stereocenters. The van der Waals surface area contributed by atoms with Crippen molar-refractivity contribution in [3.8, 4) is 0 Å². The van der Waals surface area contributed by atoms with E-state index in [2.05, 4.69) is 27.9 Å². The number of carbonyl (C=O) groups is 1. The van der Waals surface area contributed by atoms with Crippen molar-refractivity contribution in [2.24, 2.45) is 0 Å². The number of thioether (sulfide) groups is 1. The Hall–Kier alpha value is -1.87. The van der Waals surface area contributed by atoms with Gasteiger partial charge in [-0.15, -0.1) is 0 Å². The fraction of sp³-hybridized carbons (Fsp3) is 0.318. The number of fused-ring (bicyclic) bond motifs is 1. The first kappa shape index (κ1) is 20.4. The van der Waals surface area contributed by atoms with Crippen LogP contribution in [0.25, 0.3) is 10.9 Å². The van der Waals surface area contributed by atoms with Gasteiger partial charge in [0.1, 0.15) is 0 Å². The zero-order valence-electron chi connectivity index (χ0n) is 16.2. The predicted octanol–water partition coefficient (Wildman–Crippen LogP) is 5.16. The molecule has 5 nitrogen and oxygen atoms in total. The van der Waals surface area contributed by atoms with Crippen LogP contribution in [0.4, 0.5) is 5.69 Å². The predicted molar refractivity (Wildman–Crippen MR) is 127 cm³/mol. The second-order valence-electron chi connectivity index (χ2n) is 7.32. The van der Waals surface area contributed by atoms with Crippen molar-refractivity contribution in [1.29, 1.82) is 0 Å². The Morgan fingerprint density at radius 3 is 2.76 bits per heavy atom. The van der Waals surface area contributed by atoms with E-state index in [-0.39, 0.29) is 23.3 Å². The van der Waals surface area contributed by atoms with Crippen molar-refractivity contribution >= 4 is 56.9 Å². The van der Waals surface area contributed by atoms with Crippen LogP contribution >= 0.6 is 34.4 Å². The van der Waals surface area contributed by atoms with Crippen molar-refractivity contribution in [1.82, 2.24) is 9.55 Å². The normalized spacial score (nSPS) is 14.4. The van der Waals surface area contributed by atoms with Crippen LogP contribution in [-0.2, 0) is 4.79 Å². The Morgan fingerprint density at radius 2 is 2.00 bits per heavy atom. The quantitative estimate of drug-likeness (QED) is 0.288. The van der Waals surface area contributed by atoms with E-state index in [1.165, 1.54) is 11.8 Å². The molecule has 1 fully saturated rings. The number of hydrogen-bond donors (Lipinski definition) is 1. The van der Waals surface area contributed by atoms with Gasteiger partial charge >= 0.3 is 0 Å². The molecule has 1 aliphatic carbocycles. The van der Waals surface area contributed by atoms with Gasteiger partial charge in [-0.3, -0.25) is 14.2 Å². The molecule has 150 valence electrons. The van der Waals surface area contributed by atoms with Crippen LogP contribution in [0.15, 0.2) is 52.4 Å². The minimum absolute atomic E-state index is 0.00103. The Balaban J connectivity index is 1.59. The minimum atomic E-state index is -0.0975. The number of nitrogens with zero attached hydrogens (tertiary/aromatic N) is 2. The van der Waals surface area contributed by atoms with Gasteiger partial charge in [0.2, 0.25) is 5.91 Å². The molecular weight excluding hydrogens is 497 g/mol. The molecule has 3 aromatic rings. The van der Waals surface area contributed by atoms with Gasteiger partial charge in [-0.25, -0.2) is 4.98 Å². The van der Waals surface area contributed by atoms with Gasteiger partial charge in [0.15, 0.2) is 5.16 Å². The number of halogens is 1. The SMILES string of the molecule is Cc1cc(I)ccc1NC(=O)CSc1nc2ccccc2c(=O)n1C1CCCC1. The van der Waals surface area contributed by atoms with Gasteiger partial charge in [0.05, 0.1) is 16.7 Å². The summed E-state index contributed by atoms with van der Waals surface area (Å²) in [4.78, 5) is 30.4. The van der Waals surface area contributed by atoms with Crippen LogP contribution in [-0.4, -0.2) is 21.2 Å². The summed E-state index contributed by atoms with van der Waals surface area (Å²) in [5.41, 5.74) is 2.53. The third kappa shape index (κ3) is 4.50. The summed E-state index contributed by atoms with van der Waals surface area (Å²) in [6.07, 6.45) is 4.23. The number of hydrogen-bond acceptors (Lipinski definition) is 4. The molecular formula is C22H22IN3O2S. The molecule has 7 heteroatoms. The zero-order valence-corrected chi connectivity index (χ0v) is 19.1. The average molecular weight is 519 g/mol. The van der Waals surface area contributed by atoms with E-state index in [1.807, 2.05) is 54.0 Å². The maximum atomic E-state index is 13.2. The second kappa shape index (κ2) is 8.87. The molecule has 1 amide bonds. The molecule has 0 unspecified atom stereocenters. The molecule has 0 aliphatic heterocycles. The Labute approximate surface area is 187 Å². The van der Waals surface area contributed by atoms with E-state index in [4.69, 9.17) is 4.98 Å². The van der Waals surface area contributed by atoms with E-state index < -0.39 is 0 Å². The van der Waals surface area contributed by atoms with E-state index in [9.17, 15) is 9.59 Å². The fourth-order valence-corrected chi connectivity index (χ4v) is 5.31. The zero-order chi connectivity index (χ0) is 20.4. The summed E-state index contributed by atoms with van der Waals surface area (Å²) in [5, 5.41) is 4.25. The van der Waals surface area contributed by atoms with Gasteiger partial charge in [-0.05, 0) is 78.3 Å². The summed E-state index contributed by atoms with van der Waals surface area (Å²) >= 11 is 3.59. The maximum Gasteiger partial charge on any atom is 0.262 e. The third-order valence-corrected chi connectivity index (χ3v) is 6.88. The van der Waals surface area contributed by atoms with Gasteiger partial charge < -0.3 is 5.32 Å². The Morgan fingerprint density at radius 1 is 1.24 bits per heavy atom. The van der Waals surface area contributed by atoms with Crippen molar-refractivity contribution in [2.75, 3.05) is 11.1 Å². The maximum absolute atomic E-state index is 13.2. The summed E-state index contributed by atoms with van der Waals surface area (Å²) < 4.78 is 2.96. The summed E-state index contributed by atoms with van der Waals surface area (Å²) in [6.45, 7) is 1.98. The van der Waals surface area contributed by atoms with E-state index in [0.717, 1.165) is 40.5 Å². The minimum Gasteiger partial charge on any atom is -0.325 e. The van der Waals surface area contributed by atoms with E-state index in [1.54, 1.807) is 0 Å². The van der Waals surface area contributed by atoms with Crippen molar-refractivity contribution in [3.63, 3.8) is 0 Å². The molecule has 1 saturated carbocycles. The van der Waals surface area contributed by atoms with Crippen molar-refractivity contribution in [2.45, 2.75) is 43.8 Å². The highest BCUT2D eigenvalue weighted by Crippen LogP contribution is 2.32. The molecule has 1 aromatic heterocycles. The molecule has 2 aromatic carbocycles. The molecule has 29 heavy (non-hydrogen) atoms. The van der Waals surface area contributed by atoms with Crippen LogP contribution < -0.4 is 10.9 Å². The fourth-order valence-electron chi connectivity index (χ4n) is 3.80. The first-order chi connectivity index (χ1) is 14.0. The van der Waals surface area contributed by atoms with Gasteiger partial charge in [-0.2, -0.15) is 0 Å². The monoisotopic (exact) mass is 519 g/mol. The Bertz CT molecular complexity index is 1120. The molecule has 0 radical (unpaired) electrons. The number of nitrogens with one attached hydrogen (secondary N) is 1. The first-order valence-electron chi connectivity index (χ1n) is 9.73. The summed E-state index contributed by atoms with van der Waals surface area (Å²) in [6, 6.07) is 13.5. The highest BCUT2D eigenvalue weighted by molar-refractivity contribution is 14.1. The number of rotatable bonds is 5. The van der Waals surface area contributed by atoms with Crippen molar-refractivity contribution in [3.05, 3.63) is 62.0 Å². The molecule has 1 N–H and O–H groups in total. The van der Waals surface area contributed by atoms with Crippen LogP contribution in [0.3, 0.4) is 0 Å². The molecule has 1 aliphatic rings. The number of carbonyl (C=O) groups excluding carboxylic acids is 1. The van der Waals surface area contributed by atoms with Gasteiger partial charge in [0, 0.05) is 15.3 Å². The number of aromatic nitrogens is 2. The summed E-state index contributed by atoms with van der Waals surface area (Å²) in [5.74, 6) is 0.114. The van der Waals surface area contributed by atoms with Crippen LogP contribution in [0, 0.1) is 10.5 Å². The standard InChI is InChI=1S/C22H22IN3O2S/c1-14-12-15(23)10-11-18(14)24-20(27)13-29-22-25-19-9-5-4-8-17(19)21(28)26(22)16-6-2-3-7-16/h4-5,8-12,16H,2-3,6-7,13H2,1H3,(H,24,27). The average Bonchev–Trinajstić information content (AvgIpc) is 3.23. The largest absolute Gasteiger partial charge is 0.325 e. The molecule has 0 spiro atoms. The smallest absolute Gasteiger partial charge is 0.262 e. The number of aryl methyl sites for hydroxylation is 1. The number of benzene rings is 2. The lowest BCUT2D eigenvalue weighted by Crippen LogP contribution is -2.27. The van der Waals surface area contributed by atoms with Crippen molar-refractivity contribution < 1.29 is 4.79 Å². The lowest BCUT2D eigenvalue weighted by atomic mass is 10.2. The molecule has 1 heterocycles. The number of anilines is 1. The van der Waals surface area contributed by atoms with E-state index in [0.29, 0.717) is 16.1 Å². The van der Waals surface area contributed by atoms with Crippen LogP contribution in [0.2, 0.25) is 0 Å². The summed E-state index contributed by atoms with van der Waals surface area (Å²) in [7, 11) is 0. The van der Waals surface area contributed by atoms with E-state index >= 15 is 0 Å². The topological polar surface area (TPSA) is 64.0 Å². The molecule has 4 rings (SSSR count). The van der Waals surface area contributed by atoms with Crippen LogP contribution in [0.5, 0.6) is 0 Å². The highest BCUT2D eigenvalue weighted by atomic mass is 127. The number of para-hydroxylation sites is 1. The van der Waals surface area contributed by atoms with Gasteiger partial charge in [0.25, 0.3) is 5.56 Å². The van der Waals surface area contributed by atoms with Gasteiger partial charge in [-0.1, -0.05) is 36.7 Å². The number of amides is 1. The second-order valence-corrected chi connectivity index (χ2v) is 9.51. The van der Waals surface area contributed by atoms with Crippen LogP contribution in [0.1, 0.15) is 37.3 Å². The highest BCUT2D eigenvalue weighted by Gasteiger charge is 2.23. The molecule has 0 saturated heterocycles. The first-order valence-corrected chi connectivity index (χ1v) is 11.8. The lowest BCUT2D eigenvalue weighted by Gasteiger charge is -2.18. The Kier molecular flexibility index (Phi) is 6.24.